The minimum absolute atomic E-state index is 0.0580. The maximum atomic E-state index is 12.1. The fourth-order valence-electron chi connectivity index (χ4n) is 4.31. The van der Waals surface area contributed by atoms with Gasteiger partial charge in [0.25, 0.3) is 0 Å². The second-order valence-corrected chi connectivity index (χ2v) is 8.13. The van der Waals surface area contributed by atoms with Crippen LogP contribution >= 0.6 is 0 Å². The molecule has 7 heteroatoms. The van der Waals surface area contributed by atoms with Gasteiger partial charge < -0.3 is 9.84 Å². The first-order valence-electron chi connectivity index (χ1n) is 10.6. The Morgan fingerprint density at radius 2 is 2.30 bits per heavy atom. The van der Waals surface area contributed by atoms with E-state index in [-0.39, 0.29) is 24.8 Å². The van der Waals surface area contributed by atoms with Crippen molar-refractivity contribution in [2.75, 3.05) is 18.1 Å². The van der Waals surface area contributed by atoms with Gasteiger partial charge in [-0.2, -0.15) is 5.11 Å². The van der Waals surface area contributed by atoms with Crippen molar-refractivity contribution in [2.45, 2.75) is 57.2 Å². The molecule has 3 aliphatic rings. The van der Waals surface area contributed by atoms with Crippen LogP contribution in [0.1, 0.15) is 43.7 Å². The summed E-state index contributed by atoms with van der Waals surface area (Å²) >= 11 is 0. The van der Waals surface area contributed by atoms with Gasteiger partial charge in [0.15, 0.2) is 0 Å². The zero-order chi connectivity index (χ0) is 21.1. The molecule has 30 heavy (non-hydrogen) atoms. The average Bonchev–Trinajstić information content (AvgIpc) is 3.30. The number of anilines is 1. The molecule has 2 N–H and O–H groups in total. The Hall–Kier alpha value is -2.80. The van der Waals surface area contributed by atoms with Crippen molar-refractivity contribution in [1.29, 1.82) is 5.53 Å². The summed E-state index contributed by atoms with van der Waals surface area (Å²) in [6.45, 7) is 2.47. The van der Waals surface area contributed by atoms with Crippen LogP contribution in [0.5, 0.6) is 0 Å². The Morgan fingerprint density at radius 1 is 1.43 bits per heavy atom. The first-order valence-corrected chi connectivity index (χ1v) is 10.6. The van der Waals surface area contributed by atoms with E-state index in [1.165, 1.54) is 11.3 Å². The lowest BCUT2D eigenvalue weighted by molar-refractivity contribution is 0.0830. The van der Waals surface area contributed by atoms with Crippen molar-refractivity contribution in [3.8, 4) is 0 Å². The number of aliphatic imine (C=N–C) groups is 1. The van der Waals surface area contributed by atoms with E-state index in [2.05, 4.69) is 29.4 Å². The normalized spacial score (nSPS) is 23.7. The highest BCUT2D eigenvalue weighted by atomic mass is 16.6. The Bertz CT molecular complexity index is 921. The third-order valence-electron chi connectivity index (χ3n) is 6.05. The first kappa shape index (κ1) is 20.5. The number of dihydropyridines is 1. The molecule has 1 fully saturated rings. The second kappa shape index (κ2) is 8.92. The molecular formula is C23H28N4O3. The highest BCUT2D eigenvalue weighted by Gasteiger charge is 2.47. The molecule has 0 bridgehead atoms. The number of nitrogens with zero attached hydrogens (tertiary/aromatic N) is 3. The fourth-order valence-corrected chi connectivity index (χ4v) is 4.31. The van der Waals surface area contributed by atoms with Gasteiger partial charge in [0.2, 0.25) is 0 Å². The van der Waals surface area contributed by atoms with E-state index < -0.39 is 6.10 Å². The number of cyclic esters (lactones) is 1. The van der Waals surface area contributed by atoms with Crippen molar-refractivity contribution in [3.63, 3.8) is 0 Å². The second-order valence-electron chi connectivity index (χ2n) is 8.13. The molecule has 3 heterocycles. The summed E-state index contributed by atoms with van der Waals surface area (Å²) < 4.78 is 5.25. The molecule has 0 aromatic heterocycles. The zero-order valence-electron chi connectivity index (χ0n) is 17.3. The van der Waals surface area contributed by atoms with Gasteiger partial charge in [-0.1, -0.05) is 24.3 Å². The summed E-state index contributed by atoms with van der Waals surface area (Å²) in [7, 11) is 0. The molecule has 0 spiro atoms. The van der Waals surface area contributed by atoms with Gasteiger partial charge in [0.1, 0.15) is 6.10 Å². The van der Waals surface area contributed by atoms with Gasteiger partial charge in [-0.3, -0.25) is 9.89 Å². The lowest BCUT2D eigenvalue weighted by atomic mass is 9.96. The van der Waals surface area contributed by atoms with Gasteiger partial charge in [-0.15, -0.1) is 0 Å². The summed E-state index contributed by atoms with van der Waals surface area (Å²) in [6.07, 6.45) is 10.0. The number of carbonyl (C=O) groups excluding carboxylic acids is 1. The number of hydrogen-bond acceptors (Lipinski definition) is 6. The molecule has 7 nitrogen and oxygen atoms in total. The predicted molar refractivity (Wildman–Crippen MR) is 116 cm³/mol. The predicted octanol–water partition coefficient (Wildman–Crippen LogP) is 4.30. The Balaban J connectivity index is 1.34. The first-order chi connectivity index (χ1) is 14.6. The highest BCUT2D eigenvalue weighted by Crippen LogP contribution is 2.40. The van der Waals surface area contributed by atoms with E-state index >= 15 is 0 Å². The SMILES string of the molecule is CC(C/C=C/CCC1=NCC(c2ccc3c(c2)CC2C(CO)OC(=O)N32)=CC1)N=N. The lowest BCUT2D eigenvalue weighted by Crippen LogP contribution is -2.34. The monoisotopic (exact) mass is 408 g/mol. The highest BCUT2D eigenvalue weighted by molar-refractivity contribution is 5.95. The van der Waals surface area contributed by atoms with Crippen LogP contribution < -0.4 is 4.90 Å². The molecule has 158 valence electrons. The largest absolute Gasteiger partial charge is 0.441 e. The molecule has 0 aliphatic carbocycles. The smallest absolute Gasteiger partial charge is 0.415 e. The molecule has 3 atom stereocenters. The third kappa shape index (κ3) is 4.07. The van der Waals surface area contributed by atoms with E-state index in [4.69, 9.17) is 15.3 Å². The van der Waals surface area contributed by atoms with Crippen molar-refractivity contribution < 1.29 is 14.6 Å². The quantitative estimate of drug-likeness (QED) is 0.495. The number of amides is 1. The number of rotatable bonds is 8. The van der Waals surface area contributed by atoms with Crippen LogP contribution in [0.3, 0.4) is 0 Å². The molecule has 0 saturated carbocycles. The van der Waals surface area contributed by atoms with Crippen LogP contribution in [0.15, 0.2) is 46.5 Å². The van der Waals surface area contributed by atoms with Crippen LogP contribution in [-0.4, -0.2) is 48.3 Å². The van der Waals surface area contributed by atoms with E-state index in [9.17, 15) is 9.90 Å². The van der Waals surface area contributed by atoms with Gasteiger partial charge >= 0.3 is 6.09 Å². The van der Waals surface area contributed by atoms with E-state index in [0.29, 0.717) is 13.0 Å². The maximum Gasteiger partial charge on any atom is 0.415 e. The minimum Gasteiger partial charge on any atom is -0.441 e. The summed E-state index contributed by atoms with van der Waals surface area (Å²) in [4.78, 5) is 18.6. The third-order valence-corrected chi connectivity index (χ3v) is 6.05. The number of fused-ring (bicyclic) bond motifs is 3. The lowest BCUT2D eigenvalue weighted by Gasteiger charge is -2.16. The number of hydrogen-bond donors (Lipinski definition) is 2. The average molecular weight is 409 g/mol. The summed E-state index contributed by atoms with van der Waals surface area (Å²) in [5.74, 6) is 0. The molecule has 1 aromatic rings. The van der Waals surface area contributed by atoms with Gasteiger partial charge in [0, 0.05) is 12.1 Å². The van der Waals surface area contributed by atoms with E-state index in [1.807, 2.05) is 19.1 Å². The van der Waals surface area contributed by atoms with E-state index in [1.54, 1.807) is 4.90 Å². The van der Waals surface area contributed by atoms with Crippen LogP contribution in [0.25, 0.3) is 5.57 Å². The van der Waals surface area contributed by atoms with Crippen molar-refractivity contribution >= 4 is 23.1 Å². The van der Waals surface area contributed by atoms with Crippen LogP contribution in [0.2, 0.25) is 0 Å². The van der Waals surface area contributed by atoms with Crippen LogP contribution in [0.4, 0.5) is 10.5 Å². The molecule has 4 rings (SSSR count). The van der Waals surface area contributed by atoms with Gasteiger partial charge in [-0.05, 0) is 61.4 Å². The molecule has 3 unspecified atom stereocenters. The number of allylic oxidation sites excluding steroid dienone is 2. The Kier molecular flexibility index (Phi) is 6.08. The summed E-state index contributed by atoms with van der Waals surface area (Å²) in [5, 5.41) is 13.0. The number of aliphatic hydroxyl groups excluding tert-OH is 1. The topological polar surface area (TPSA) is 98.3 Å². The molecule has 3 aliphatic heterocycles. The molecule has 1 amide bonds. The molecule has 1 saturated heterocycles. The van der Waals surface area contributed by atoms with Gasteiger partial charge in [0.05, 0.1) is 30.9 Å². The fraction of sp³-hybridized carbons (Fsp3) is 0.478. The number of aliphatic hydroxyl groups is 1. The van der Waals surface area contributed by atoms with Crippen LogP contribution in [0, 0.1) is 5.53 Å². The van der Waals surface area contributed by atoms with Crippen molar-refractivity contribution in [1.82, 2.24) is 0 Å². The Morgan fingerprint density at radius 3 is 3.03 bits per heavy atom. The van der Waals surface area contributed by atoms with Crippen LogP contribution in [-0.2, 0) is 11.2 Å². The number of benzene rings is 1. The molecular weight excluding hydrogens is 380 g/mol. The molecule has 0 radical (unpaired) electrons. The summed E-state index contributed by atoms with van der Waals surface area (Å²) in [5.41, 5.74) is 12.6. The Labute approximate surface area is 176 Å². The van der Waals surface area contributed by atoms with Gasteiger partial charge in [-0.25, -0.2) is 10.3 Å². The number of ether oxygens (including phenoxy) is 1. The zero-order valence-corrected chi connectivity index (χ0v) is 17.3. The van der Waals surface area contributed by atoms with E-state index in [0.717, 1.165) is 42.5 Å². The maximum absolute atomic E-state index is 12.1. The standard InChI is InChI=1S/C23H28N4O3/c1-15(26-24)5-3-2-4-6-19-9-7-17(13-25-19)16-8-10-20-18(11-16)12-21-22(14-28)30-23(29)27(20)21/h2-3,7-8,10-11,15,21-22,24,28H,4-6,9,12-14H2,1H3/b3-2+,26-24?. The number of nitrogens with one attached hydrogen (secondary N) is 1. The summed E-state index contributed by atoms with van der Waals surface area (Å²) in [6, 6.07) is 6.14. The number of carbonyl (C=O) groups is 1. The minimum atomic E-state index is -0.451. The van der Waals surface area contributed by atoms with Crippen molar-refractivity contribution in [3.05, 3.63) is 47.6 Å². The molecule has 1 aromatic carbocycles. The van der Waals surface area contributed by atoms with Crippen molar-refractivity contribution in [2.24, 2.45) is 10.1 Å².